The first-order valence-electron chi connectivity index (χ1n) is 12.2. The van der Waals surface area contributed by atoms with Gasteiger partial charge in [-0.2, -0.15) is 0 Å². The van der Waals surface area contributed by atoms with Gasteiger partial charge in [-0.15, -0.1) is 0 Å². The fraction of sp³-hybridized carbons (Fsp3) is 0.536. The van der Waals surface area contributed by atoms with Crippen LogP contribution in [0.1, 0.15) is 83.4 Å². The molecule has 2 heterocycles. The van der Waals surface area contributed by atoms with Gasteiger partial charge in [-0.3, -0.25) is 4.98 Å². The quantitative estimate of drug-likeness (QED) is 0.381. The van der Waals surface area contributed by atoms with E-state index in [0.717, 1.165) is 18.9 Å². The smallest absolute Gasteiger partial charge is 0.0404 e. The largest absolute Gasteiger partial charge is 0.369 e. The van der Waals surface area contributed by atoms with Crippen LogP contribution in [0.15, 0.2) is 49.2 Å². The normalized spacial score (nSPS) is 16.4. The van der Waals surface area contributed by atoms with Gasteiger partial charge in [-0.05, 0) is 55.2 Å². The number of nitrogens with zero attached hydrogens (tertiary/aromatic N) is 2. The number of hydrogen-bond acceptors (Lipinski definition) is 2. The lowest BCUT2D eigenvalue weighted by Gasteiger charge is -2.28. The van der Waals surface area contributed by atoms with Gasteiger partial charge in [0.2, 0.25) is 0 Å². The minimum absolute atomic E-state index is 0.656. The fourth-order valence-corrected chi connectivity index (χ4v) is 4.98. The van der Waals surface area contributed by atoms with E-state index in [1.807, 2.05) is 6.20 Å². The second-order valence-electron chi connectivity index (χ2n) is 8.94. The lowest BCUT2D eigenvalue weighted by atomic mass is 9.92. The number of hydrogen-bond donors (Lipinski definition) is 0. The Labute approximate surface area is 184 Å². The molecule has 2 aromatic rings. The van der Waals surface area contributed by atoms with Crippen LogP contribution in [-0.2, 0) is 6.42 Å². The predicted molar refractivity (Wildman–Crippen MR) is 130 cm³/mol. The lowest BCUT2D eigenvalue weighted by molar-refractivity contribution is 0.361. The van der Waals surface area contributed by atoms with E-state index in [9.17, 15) is 0 Å². The summed E-state index contributed by atoms with van der Waals surface area (Å²) in [5.41, 5.74) is 6.06. The molecule has 162 valence electrons. The minimum Gasteiger partial charge on any atom is -0.369 e. The third-order valence-corrected chi connectivity index (χ3v) is 6.77. The predicted octanol–water partition coefficient (Wildman–Crippen LogP) is 7.74. The van der Waals surface area contributed by atoms with Crippen molar-refractivity contribution in [2.45, 2.75) is 84.6 Å². The molecule has 1 atom stereocenters. The Morgan fingerprint density at radius 2 is 1.70 bits per heavy atom. The number of aryl methyl sites for hydroxylation is 1. The zero-order valence-corrected chi connectivity index (χ0v) is 19.4. The van der Waals surface area contributed by atoms with Crippen LogP contribution in [-0.4, -0.2) is 22.5 Å². The van der Waals surface area contributed by atoms with Gasteiger partial charge >= 0.3 is 0 Å². The van der Waals surface area contributed by atoms with Crippen LogP contribution in [0.25, 0.3) is 16.8 Å². The number of aromatic nitrogens is 1. The second kappa shape index (κ2) is 11.3. The maximum absolute atomic E-state index is 4.76. The molecule has 0 N–H and O–H groups in total. The van der Waals surface area contributed by atoms with Crippen LogP contribution in [0.5, 0.6) is 0 Å². The highest BCUT2D eigenvalue weighted by Crippen LogP contribution is 2.30. The third-order valence-electron chi connectivity index (χ3n) is 6.77. The molecule has 0 radical (unpaired) electrons. The van der Waals surface area contributed by atoms with Crippen LogP contribution >= 0.6 is 0 Å². The van der Waals surface area contributed by atoms with E-state index in [-0.39, 0.29) is 0 Å². The molecule has 1 unspecified atom stereocenters. The molecule has 1 aromatic carbocycles. The van der Waals surface area contributed by atoms with Crippen molar-refractivity contribution in [2.24, 2.45) is 5.92 Å². The number of benzene rings is 1. The molecule has 1 aliphatic rings. The molecule has 30 heavy (non-hydrogen) atoms. The molecule has 2 heteroatoms. The molecule has 0 saturated carbocycles. The number of rotatable bonds is 11. The van der Waals surface area contributed by atoms with Crippen LogP contribution < -0.4 is 0 Å². The van der Waals surface area contributed by atoms with Crippen molar-refractivity contribution in [3.63, 3.8) is 0 Å². The van der Waals surface area contributed by atoms with Crippen LogP contribution in [0.3, 0.4) is 0 Å². The van der Waals surface area contributed by atoms with E-state index in [0.29, 0.717) is 6.04 Å². The standard InChI is InChI=1S/C28H40N2/c1-5-9-23(10-6-2)12-18-27-19-17-26(21-29-27)25-15-13-24(14-16-25)22(4)30-20-8-11-28(30)7-3/h13-17,19,21,23,28H,4-12,18,20H2,1-3H3. The molecule has 0 spiro atoms. The van der Waals surface area contributed by atoms with Crippen molar-refractivity contribution >= 4 is 5.70 Å². The highest BCUT2D eigenvalue weighted by atomic mass is 15.2. The summed E-state index contributed by atoms with van der Waals surface area (Å²) in [4.78, 5) is 7.26. The monoisotopic (exact) mass is 404 g/mol. The maximum Gasteiger partial charge on any atom is 0.0404 e. The highest BCUT2D eigenvalue weighted by Gasteiger charge is 2.24. The molecule has 1 saturated heterocycles. The summed E-state index contributed by atoms with van der Waals surface area (Å²) >= 11 is 0. The Bertz CT molecular complexity index is 769. The van der Waals surface area contributed by atoms with Crippen LogP contribution in [0, 0.1) is 5.92 Å². The summed E-state index contributed by atoms with van der Waals surface area (Å²) in [6.07, 6.45) is 13.5. The average Bonchev–Trinajstić information content (AvgIpc) is 3.27. The SMILES string of the molecule is C=C(c1ccc(-c2ccc(CCC(CCC)CCC)nc2)cc1)N1CCCC1CC. The van der Waals surface area contributed by atoms with Gasteiger partial charge in [-0.1, -0.05) is 83.4 Å². The van der Waals surface area contributed by atoms with Gasteiger partial charge in [0.05, 0.1) is 0 Å². The Morgan fingerprint density at radius 3 is 2.30 bits per heavy atom. The molecule has 0 bridgehead atoms. The molecule has 0 aliphatic carbocycles. The molecular formula is C28H40N2. The Morgan fingerprint density at radius 1 is 1.00 bits per heavy atom. The van der Waals surface area contributed by atoms with E-state index in [1.54, 1.807) is 0 Å². The van der Waals surface area contributed by atoms with Crippen molar-refractivity contribution in [2.75, 3.05) is 6.54 Å². The third kappa shape index (κ3) is 5.74. The molecule has 1 fully saturated rings. The first kappa shape index (κ1) is 22.6. The van der Waals surface area contributed by atoms with Crippen LogP contribution in [0.2, 0.25) is 0 Å². The van der Waals surface area contributed by atoms with Crippen molar-refractivity contribution in [3.05, 3.63) is 60.4 Å². The molecular weight excluding hydrogens is 364 g/mol. The average molecular weight is 405 g/mol. The van der Waals surface area contributed by atoms with E-state index < -0.39 is 0 Å². The minimum atomic E-state index is 0.656. The van der Waals surface area contributed by atoms with Gasteiger partial charge in [0.25, 0.3) is 0 Å². The van der Waals surface area contributed by atoms with Crippen molar-refractivity contribution in [3.8, 4) is 11.1 Å². The maximum atomic E-state index is 4.76. The first-order chi connectivity index (χ1) is 14.7. The van der Waals surface area contributed by atoms with Crippen LogP contribution in [0.4, 0.5) is 0 Å². The van der Waals surface area contributed by atoms with E-state index in [1.165, 1.54) is 79.4 Å². The summed E-state index contributed by atoms with van der Waals surface area (Å²) < 4.78 is 0. The molecule has 3 rings (SSSR count). The summed E-state index contributed by atoms with van der Waals surface area (Å²) in [7, 11) is 0. The number of pyridine rings is 1. The van der Waals surface area contributed by atoms with E-state index in [4.69, 9.17) is 4.98 Å². The molecule has 1 aliphatic heterocycles. The van der Waals surface area contributed by atoms with Gasteiger partial charge in [0.1, 0.15) is 0 Å². The molecule has 1 aromatic heterocycles. The van der Waals surface area contributed by atoms with Gasteiger partial charge < -0.3 is 4.90 Å². The summed E-state index contributed by atoms with van der Waals surface area (Å²) in [6, 6.07) is 14.0. The molecule has 0 amide bonds. The van der Waals surface area contributed by atoms with Crippen molar-refractivity contribution in [1.82, 2.24) is 9.88 Å². The topological polar surface area (TPSA) is 16.1 Å². The van der Waals surface area contributed by atoms with Crippen molar-refractivity contribution < 1.29 is 0 Å². The first-order valence-corrected chi connectivity index (χ1v) is 12.2. The number of likely N-dealkylation sites (tertiary alicyclic amines) is 1. The Kier molecular flexibility index (Phi) is 8.54. The zero-order chi connectivity index (χ0) is 21.3. The summed E-state index contributed by atoms with van der Waals surface area (Å²) in [5, 5.41) is 0. The van der Waals surface area contributed by atoms with Crippen molar-refractivity contribution in [1.29, 1.82) is 0 Å². The van der Waals surface area contributed by atoms with Gasteiger partial charge in [0, 0.05) is 35.7 Å². The zero-order valence-electron chi connectivity index (χ0n) is 19.4. The molecule has 2 nitrogen and oxygen atoms in total. The summed E-state index contributed by atoms with van der Waals surface area (Å²) in [6.45, 7) is 12.4. The Hall–Kier alpha value is -2.09. The second-order valence-corrected chi connectivity index (χ2v) is 8.94. The Balaban J connectivity index is 1.60. The van der Waals surface area contributed by atoms with Gasteiger partial charge in [0.15, 0.2) is 0 Å². The summed E-state index contributed by atoms with van der Waals surface area (Å²) in [5.74, 6) is 0.852. The van der Waals surface area contributed by atoms with E-state index in [2.05, 4.69) is 68.6 Å². The lowest BCUT2D eigenvalue weighted by Crippen LogP contribution is -2.26. The van der Waals surface area contributed by atoms with E-state index >= 15 is 0 Å². The highest BCUT2D eigenvalue weighted by molar-refractivity contribution is 5.68. The van der Waals surface area contributed by atoms with Gasteiger partial charge in [-0.25, -0.2) is 0 Å². The fourth-order valence-electron chi connectivity index (χ4n) is 4.98.